The number of nitrogens with two attached hydrogens (primary N) is 1. The van der Waals surface area contributed by atoms with E-state index in [0.717, 1.165) is 48.9 Å². The molecular weight excluding hydrogens is 392 g/mol. The Balaban J connectivity index is 1.61. The average molecular weight is 416 g/mol. The van der Waals surface area contributed by atoms with Crippen molar-refractivity contribution in [1.29, 1.82) is 5.26 Å². The molecule has 1 aromatic carbocycles. The second-order valence-corrected chi connectivity index (χ2v) is 8.25. The average Bonchev–Trinajstić information content (AvgIpc) is 3.49. The molecule has 0 bridgehead atoms. The first kappa shape index (κ1) is 19.4. The molecule has 0 amide bonds. The van der Waals surface area contributed by atoms with E-state index in [2.05, 4.69) is 27.1 Å². The van der Waals surface area contributed by atoms with Crippen molar-refractivity contribution in [3.63, 3.8) is 0 Å². The molecule has 31 heavy (non-hydrogen) atoms. The molecule has 2 saturated heterocycles. The number of nitrogens with zero attached hydrogens (tertiary/aromatic N) is 5. The number of anilines is 2. The second-order valence-electron chi connectivity index (χ2n) is 8.25. The van der Waals surface area contributed by atoms with Gasteiger partial charge in [0.2, 0.25) is 0 Å². The van der Waals surface area contributed by atoms with Gasteiger partial charge in [0.25, 0.3) is 0 Å². The lowest BCUT2D eigenvalue weighted by molar-refractivity contribution is 0.177. The molecule has 8 nitrogen and oxygen atoms in total. The Kier molecular flexibility index (Phi) is 4.75. The van der Waals surface area contributed by atoms with Crippen LogP contribution in [0.2, 0.25) is 0 Å². The Morgan fingerprint density at radius 2 is 1.97 bits per heavy atom. The summed E-state index contributed by atoms with van der Waals surface area (Å²) in [4.78, 5) is 6.77. The highest BCUT2D eigenvalue weighted by Gasteiger charge is 2.37. The van der Waals surface area contributed by atoms with E-state index in [1.54, 1.807) is 24.1 Å². The van der Waals surface area contributed by atoms with E-state index in [1.807, 2.05) is 25.3 Å². The number of aryl methyl sites for hydroxylation is 1. The number of benzene rings is 1. The van der Waals surface area contributed by atoms with Crippen LogP contribution in [0, 0.1) is 30.1 Å². The van der Waals surface area contributed by atoms with E-state index < -0.39 is 0 Å². The molecule has 2 unspecified atom stereocenters. The van der Waals surface area contributed by atoms with Crippen LogP contribution in [0.5, 0.6) is 5.75 Å². The number of nitriles is 1. The van der Waals surface area contributed by atoms with Gasteiger partial charge >= 0.3 is 0 Å². The zero-order chi connectivity index (χ0) is 21.5. The molecule has 2 aromatic heterocycles. The Hall–Kier alpha value is -3.57. The molecule has 2 N–H and O–H groups in total. The number of rotatable bonds is 4. The fourth-order valence-corrected chi connectivity index (χ4v) is 4.52. The van der Waals surface area contributed by atoms with Crippen molar-refractivity contribution in [2.24, 2.45) is 11.8 Å². The molecule has 3 aromatic rings. The van der Waals surface area contributed by atoms with E-state index >= 15 is 0 Å². The quantitative estimate of drug-likeness (QED) is 0.698. The minimum atomic E-state index is 0.328. The van der Waals surface area contributed by atoms with Crippen molar-refractivity contribution < 1.29 is 9.47 Å². The van der Waals surface area contributed by atoms with Crippen LogP contribution in [0.4, 0.5) is 11.5 Å². The number of nitrogen functional groups attached to an aromatic ring is 1. The van der Waals surface area contributed by atoms with Crippen molar-refractivity contribution >= 4 is 11.5 Å². The van der Waals surface area contributed by atoms with Gasteiger partial charge in [0, 0.05) is 48.4 Å². The summed E-state index contributed by atoms with van der Waals surface area (Å²) < 4.78 is 12.8. The van der Waals surface area contributed by atoms with Crippen LogP contribution in [0.25, 0.3) is 16.9 Å². The molecule has 2 fully saturated rings. The first-order chi connectivity index (χ1) is 15.1. The highest BCUT2D eigenvalue weighted by molar-refractivity contribution is 5.79. The summed E-state index contributed by atoms with van der Waals surface area (Å²) >= 11 is 0. The molecule has 5 rings (SSSR count). The van der Waals surface area contributed by atoms with E-state index in [1.165, 1.54) is 0 Å². The van der Waals surface area contributed by atoms with E-state index in [0.29, 0.717) is 34.6 Å². The maximum Gasteiger partial charge on any atom is 0.174 e. The fourth-order valence-electron chi connectivity index (χ4n) is 4.52. The highest BCUT2D eigenvalue weighted by atomic mass is 16.5. The Bertz CT molecular complexity index is 1170. The monoisotopic (exact) mass is 416 g/mol. The van der Waals surface area contributed by atoms with Crippen molar-refractivity contribution in [3.05, 3.63) is 47.8 Å². The van der Waals surface area contributed by atoms with Crippen LogP contribution >= 0.6 is 0 Å². The predicted molar refractivity (Wildman–Crippen MR) is 117 cm³/mol. The zero-order valence-corrected chi connectivity index (χ0v) is 17.6. The number of ether oxygens (including phenoxy) is 2. The van der Waals surface area contributed by atoms with Gasteiger partial charge < -0.3 is 20.1 Å². The van der Waals surface area contributed by atoms with E-state index in [4.69, 9.17) is 15.2 Å². The van der Waals surface area contributed by atoms with Crippen LogP contribution in [-0.4, -0.2) is 48.2 Å². The summed E-state index contributed by atoms with van der Waals surface area (Å²) in [6.07, 6.45) is 3.55. The van der Waals surface area contributed by atoms with Crippen molar-refractivity contribution in [3.8, 4) is 28.8 Å². The molecule has 2 aliphatic rings. The van der Waals surface area contributed by atoms with Gasteiger partial charge in [0.15, 0.2) is 5.82 Å². The van der Waals surface area contributed by atoms with Crippen molar-refractivity contribution in [2.45, 2.75) is 6.92 Å². The van der Waals surface area contributed by atoms with Crippen LogP contribution in [0.1, 0.15) is 11.1 Å². The van der Waals surface area contributed by atoms with Crippen molar-refractivity contribution in [1.82, 2.24) is 14.8 Å². The number of fused-ring (bicyclic) bond motifs is 1. The molecule has 0 aliphatic carbocycles. The van der Waals surface area contributed by atoms with E-state index in [-0.39, 0.29) is 0 Å². The number of methoxy groups -OCH3 is 1. The van der Waals surface area contributed by atoms with Gasteiger partial charge in [0.1, 0.15) is 23.2 Å². The smallest absolute Gasteiger partial charge is 0.174 e. The van der Waals surface area contributed by atoms with Gasteiger partial charge in [-0.15, -0.1) is 0 Å². The maximum absolute atomic E-state index is 10.0. The molecular formula is C23H24N6O2. The lowest BCUT2D eigenvalue weighted by atomic mass is 10.00. The minimum absolute atomic E-state index is 0.328. The lowest BCUT2D eigenvalue weighted by Crippen LogP contribution is -2.22. The summed E-state index contributed by atoms with van der Waals surface area (Å²) in [7, 11) is 1.65. The number of hydrogen-bond acceptors (Lipinski definition) is 7. The Labute approximate surface area is 180 Å². The first-order valence-corrected chi connectivity index (χ1v) is 10.3. The van der Waals surface area contributed by atoms with Gasteiger partial charge in [-0.1, -0.05) is 0 Å². The largest absolute Gasteiger partial charge is 0.497 e. The molecule has 4 heterocycles. The fraction of sp³-hybridized carbons (Fsp3) is 0.348. The molecule has 2 aliphatic heterocycles. The Morgan fingerprint density at radius 1 is 1.19 bits per heavy atom. The molecule has 8 heteroatoms. The third-order valence-electron chi connectivity index (χ3n) is 6.10. The van der Waals surface area contributed by atoms with Gasteiger partial charge in [-0.25, -0.2) is 9.67 Å². The van der Waals surface area contributed by atoms with E-state index in [9.17, 15) is 5.26 Å². The lowest BCUT2D eigenvalue weighted by Gasteiger charge is -2.22. The first-order valence-electron chi connectivity index (χ1n) is 10.3. The van der Waals surface area contributed by atoms with Crippen LogP contribution in [-0.2, 0) is 4.74 Å². The SMILES string of the molecule is COc1cc(-c2cc(N)nc(-n3cc(C)cn3)c2C#N)cc(N2CC3COCC3C2)c1. The summed E-state index contributed by atoms with van der Waals surface area (Å²) in [6.45, 7) is 5.50. The Morgan fingerprint density at radius 3 is 2.61 bits per heavy atom. The maximum atomic E-state index is 10.0. The van der Waals surface area contributed by atoms with Crippen LogP contribution in [0.15, 0.2) is 36.7 Å². The summed E-state index contributed by atoms with van der Waals surface area (Å²) in [6, 6.07) is 10.1. The molecule has 0 radical (unpaired) electrons. The van der Waals surface area contributed by atoms with Gasteiger partial charge in [-0.05, 0) is 36.2 Å². The van der Waals surface area contributed by atoms with Crippen LogP contribution in [0.3, 0.4) is 0 Å². The van der Waals surface area contributed by atoms with Gasteiger partial charge in [-0.2, -0.15) is 10.4 Å². The van der Waals surface area contributed by atoms with Gasteiger partial charge in [-0.3, -0.25) is 0 Å². The predicted octanol–water partition coefficient (Wildman–Crippen LogP) is 2.79. The molecule has 0 saturated carbocycles. The third-order valence-corrected chi connectivity index (χ3v) is 6.10. The van der Waals surface area contributed by atoms with Crippen molar-refractivity contribution in [2.75, 3.05) is 44.0 Å². The molecule has 2 atom stereocenters. The normalized spacial score (nSPS) is 20.0. The number of pyridine rings is 1. The summed E-state index contributed by atoms with van der Waals surface area (Å²) in [5.41, 5.74) is 10.2. The molecule has 158 valence electrons. The summed E-state index contributed by atoms with van der Waals surface area (Å²) in [5.74, 6) is 2.61. The highest BCUT2D eigenvalue weighted by Crippen LogP contribution is 2.38. The van der Waals surface area contributed by atoms with Gasteiger partial charge in [0.05, 0.1) is 26.5 Å². The minimum Gasteiger partial charge on any atom is -0.497 e. The standard InChI is InChI=1S/C23H24N6O2/c1-14-8-26-29(9-14)23-21(7-24)20(6-22(25)27-23)15-3-18(5-19(4-15)30-2)28-10-16-12-31-13-17(16)11-28/h3-6,8-9,16-17H,10-13H2,1-2H3,(H2,25,27). The topological polar surface area (TPSA) is 102 Å². The summed E-state index contributed by atoms with van der Waals surface area (Å²) in [5, 5.41) is 14.3. The number of aromatic nitrogens is 3. The van der Waals surface area contributed by atoms with Crippen LogP contribution < -0.4 is 15.4 Å². The molecule has 0 spiro atoms. The second kappa shape index (κ2) is 7.60. The third kappa shape index (κ3) is 3.47. The number of hydrogen-bond donors (Lipinski definition) is 1. The zero-order valence-electron chi connectivity index (χ0n) is 17.6.